The molecule has 0 N–H and O–H groups in total. The van der Waals surface area contributed by atoms with Crippen LogP contribution in [0.2, 0.25) is 0 Å². The molecule has 1 heterocycles. The number of nitrogens with zero attached hydrogens (tertiary/aromatic N) is 2. The third kappa shape index (κ3) is 2.71. The summed E-state index contributed by atoms with van der Waals surface area (Å²) < 4.78 is 5.25. The van der Waals surface area contributed by atoms with Crippen LogP contribution in [0.3, 0.4) is 0 Å². The van der Waals surface area contributed by atoms with Crippen LogP contribution in [0.25, 0.3) is 0 Å². The maximum atomic E-state index is 10.0. The van der Waals surface area contributed by atoms with Gasteiger partial charge in [-0.05, 0) is 43.0 Å². The highest BCUT2D eigenvalue weighted by atomic mass is 16.5. The standard InChI is InChI=1S/C20H22N2O/c1-16(17-7-4-3-5-8-17)22-14-6-13-20(22,15-21)18-9-11-19(23-2)12-10-18/h3-5,7-12,16H,6,13-14H2,1-2H3. The zero-order valence-corrected chi connectivity index (χ0v) is 13.7. The van der Waals surface area contributed by atoms with Gasteiger partial charge in [-0.3, -0.25) is 4.90 Å². The molecule has 2 aromatic carbocycles. The number of hydrogen-bond donors (Lipinski definition) is 0. The third-order valence-electron chi connectivity index (χ3n) is 4.93. The maximum absolute atomic E-state index is 10.0. The van der Waals surface area contributed by atoms with E-state index in [0.29, 0.717) is 0 Å². The van der Waals surface area contributed by atoms with E-state index in [1.165, 1.54) is 5.56 Å². The molecule has 0 aromatic heterocycles. The average molecular weight is 306 g/mol. The van der Waals surface area contributed by atoms with Crippen molar-refractivity contribution in [1.29, 1.82) is 5.26 Å². The van der Waals surface area contributed by atoms with Crippen molar-refractivity contribution >= 4 is 0 Å². The Morgan fingerprint density at radius 1 is 1.13 bits per heavy atom. The molecule has 1 aliphatic heterocycles. The molecule has 2 aromatic rings. The quantitative estimate of drug-likeness (QED) is 0.846. The molecule has 0 aliphatic carbocycles. The molecule has 3 heteroatoms. The van der Waals surface area contributed by atoms with E-state index in [2.05, 4.69) is 42.2 Å². The average Bonchev–Trinajstić information content (AvgIpc) is 3.07. The second kappa shape index (κ2) is 6.44. The summed E-state index contributed by atoms with van der Waals surface area (Å²) in [5.41, 5.74) is 1.75. The highest BCUT2D eigenvalue weighted by molar-refractivity contribution is 5.38. The fourth-order valence-corrected chi connectivity index (χ4v) is 3.64. The molecule has 2 atom stereocenters. The molecule has 3 nitrogen and oxygen atoms in total. The molecule has 0 amide bonds. The Morgan fingerprint density at radius 3 is 2.43 bits per heavy atom. The first-order valence-corrected chi connectivity index (χ1v) is 8.09. The van der Waals surface area contributed by atoms with Gasteiger partial charge in [-0.1, -0.05) is 42.5 Å². The van der Waals surface area contributed by atoms with Crippen molar-refractivity contribution in [3.8, 4) is 11.8 Å². The Hall–Kier alpha value is -2.31. The summed E-state index contributed by atoms with van der Waals surface area (Å²) >= 11 is 0. The van der Waals surface area contributed by atoms with Gasteiger partial charge < -0.3 is 4.74 Å². The zero-order chi connectivity index (χ0) is 16.3. The molecule has 1 aliphatic rings. The summed E-state index contributed by atoms with van der Waals surface area (Å²) in [6.07, 6.45) is 1.91. The van der Waals surface area contributed by atoms with Gasteiger partial charge in [0.25, 0.3) is 0 Å². The minimum atomic E-state index is -0.554. The van der Waals surface area contributed by atoms with Crippen LogP contribution in [-0.2, 0) is 5.54 Å². The fraction of sp³-hybridized carbons (Fsp3) is 0.350. The normalized spacial score (nSPS) is 22.5. The summed E-state index contributed by atoms with van der Waals surface area (Å²) in [5.74, 6) is 0.822. The molecule has 0 radical (unpaired) electrons. The van der Waals surface area contributed by atoms with Gasteiger partial charge in [0.1, 0.15) is 11.3 Å². The second-order valence-electron chi connectivity index (χ2n) is 6.08. The van der Waals surface area contributed by atoms with Gasteiger partial charge in [-0.2, -0.15) is 5.26 Å². The monoisotopic (exact) mass is 306 g/mol. The molecule has 3 rings (SSSR count). The summed E-state index contributed by atoms with van der Waals surface area (Å²) in [7, 11) is 1.66. The number of rotatable bonds is 4. The lowest BCUT2D eigenvalue weighted by Gasteiger charge is -2.37. The summed E-state index contributed by atoms with van der Waals surface area (Å²) in [6.45, 7) is 3.13. The van der Waals surface area contributed by atoms with E-state index in [0.717, 1.165) is 30.7 Å². The van der Waals surface area contributed by atoms with E-state index < -0.39 is 5.54 Å². The highest BCUT2D eigenvalue weighted by Gasteiger charge is 2.45. The van der Waals surface area contributed by atoms with Crippen LogP contribution in [0.15, 0.2) is 54.6 Å². The van der Waals surface area contributed by atoms with Crippen molar-refractivity contribution in [2.75, 3.05) is 13.7 Å². The largest absolute Gasteiger partial charge is 0.497 e. The van der Waals surface area contributed by atoms with Gasteiger partial charge in [0.15, 0.2) is 0 Å². The maximum Gasteiger partial charge on any atom is 0.135 e. The van der Waals surface area contributed by atoms with E-state index in [9.17, 15) is 5.26 Å². The lowest BCUT2D eigenvalue weighted by molar-refractivity contribution is 0.139. The van der Waals surface area contributed by atoms with E-state index in [1.54, 1.807) is 7.11 Å². The molecule has 23 heavy (non-hydrogen) atoms. The Balaban J connectivity index is 1.98. The van der Waals surface area contributed by atoms with Gasteiger partial charge in [0.2, 0.25) is 0 Å². The Kier molecular flexibility index (Phi) is 4.36. The third-order valence-corrected chi connectivity index (χ3v) is 4.93. The smallest absolute Gasteiger partial charge is 0.135 e. The van der Waals surface area contributed by atoms with Crippen molar-refractivity contribution in [3.63, 3.8) is 0 Å². The fourth-order valence-electron chi connectivity index (χ4n) is 3.64. The predicted octanol–water partition coefficient (Wildman–Crippen LogP) is 4.27. The minimum Gasteiger partial charge on any atom is -0.497 e. The van der Waals surface area contributed by atoms with Crippen LogP contribution >= 0.6 is 0 Å². The van der Waals surface area contributed by atoms with Crippen LogP contribution < -0.4 is 4.74 Å². The summed E-state index contributed by atoms with van der Waals surface area (Å²) in [5, 5.41) is 10.0. The zero-order valence-electron chi connectivity index (χ0n) is 13.7. The van der Waals surface area contributed by atoms with Crippen LogP contribution in [0.5, 0.6) is 5.75 Å². The SMILES string of the molecule is COc1ccc(C2(C#N)CCCN2C(C)c2ccccc2)cc1. The number of likely N-dealkylation sites (tertiary alicyclic amines) is 1. The summed E-state index contributed by atoms with van der Waals surface area (Å²) in [4.78, 5) is 2.34. The van der Waals surface area contributed by atoms with E-state index in [4.69, 9.17) is 4.74 Å². The van der Waals surface area contributed by atoms with Crippen molar-refractivity contribution in [2.24, 2.45) is 0 Å². The Morgan fingerprint density at radius 2 is 1.83 bits per heavy atom. The predicted molar refractivity (Wildman–Crippen MR) is 91.1 cm³/mol. The van der Waals surface area contributed by atoms with Gasteiger partial charge >= 0.3 is 0 Å². The van der Waals surface area contributed by atoms with Crippen LogP contribution in [0.1, 0.15) is 36.9 Å². The Bertz CT molecular complexity index is 690. The molecule has 118 valence electrons. The van der Waals surface area contributed by atoms with E-state index in [1.807, 2.05) is 30.3 Å². The molecular formula is C20H22N2O. The van der Waals surface area contributed by atoms with Crippen LogP contribution in [0.4, 0.5) is 0 Å². The number of ether oxygens (including phenoxy) is 1. The van der Waals surface area contributed by atoms with Crippen molar-refractivity contribution in [2.45, 2.75) is 31.3 Å². The first-order chi connectivity index (χ1) is 11.2. The van der Waals surface area contributed by atoms with Gasteiger partial charge in [0.05, 0.1) is 13.2 Å². The van der Waals surface area contributed by atoms with E-state index in [-0.39, 0.29) is 6.04 Å². The second-order valence-corrected chi connectivity index (χ2v) is 6.08. The van der Waals surface area contributed by atoms with Crippen molar-refractivity contribution < 1.29 is 4.74 Å². The summed E-state index contributed by atoms with van der Waals surface area (Å²) in [6, 6.07) is 21.2. The topological polar surface area (TPSA) is 36.3 Å². The number of hydrogen-bond acceptors (Lipinski definition) is 3. The number of nitriles is 1. The van der Waals surface area contributed by atoms with E-state index >= 15 is 0 Å². The Labute approximate surface area is 138 Å². The first-order valence-electron chi connectivity index (χ1n) is 8.09. The molecule has 1 saturated heterocycles. The van der Waals surface area contributed by atoms with Crippen molar-refractivity contribution in [3.05, 3.63) is 65.7 Å². The first kappa shape index (κ1) is 15.6. The van der Waals surface area contributed by atoms with Gasteiger partial charge in [-0.15, -0.1) is 0 Å². The lowest BCUT2D eigenvalue weighted by atomic mass is 9.87. The van der Waals surface area contributed by atoms with Gasteiger partial charge in [-0.25, -0.2) is 0 Å². The van der Waals surface area contributed by atoms with Crippen molar-refractivity contribution in [1.82, 2.24) is 4.90 Å². The number of methoxy groups -OCH3 is 1. The molecular weight excluding hydrogens is 284 g/mol. The number of benzene rings is 2. The molecule has 0 spiro atoms. The van der Waals surface area contributed by atoms with Crippen LogP contribution in [-0.4, -0.2) is 18.6 Å². The lowest BCUT2D eigenvalue weighted by Crippen LogP contribution is -2.41. The minimum absolute atomic E-state index is 0.209. The molecule has 2 unspecified atom stereocenters. The van der Waals surface area contributed by atoms with Gasteiger partial charge in [0, 0.05) is 12.6 Å². The van der Waals surface area contributed by atoms with Crippen LogP contribution in [0, 0.1) is 11.3 Å². The highest BCUT2D eigenvalue weighted by Crippen LogP contribution is 2.43. The molecule has 0 bridgehead atoms. The molecule has 1 fully saturated rings. The molecule has 0 saturated carbocycles.